The number of rotatable bonds is 6. The second-order valence-electron chi connectivity index (χ2n) is 5.52. The Balaban J connectivity index is 2.22. The van der Waals surface area contributed by atoms with E-state index in [1.54, 1.807) is 17.0 Å². The van der Waals surface area contributed by atoms with Crippen molar-refractivity contribution in [1.82, 2.24) is 4.90 Å². The van der Waals surface area contributed by atoms with Crippen molar-refractivity contribution in [1.29, 1.82) is 0 Å². The molecule has 0 saturated carbocycles. The van der Waals surface area contributed by atoms with Gasteiger partial charge in [0.1, 0.15) is 6.04 Å². The number of unbranched alkanes of at least 4 members (excludes halogenated alkanes) is 3. The van der Waals surface area contributed by atoms with E-state index in [1.165, 1.54) is 6.42 Å². The highest BCUT2D eigenvalue weighted by Gasteiger charge is 2.33. The number of carbonyl (C=O) groups excluding carboxylic acids is 2. The number of nitrogens with one attached hydrogen (secondary N) is 1. The molecule has 1 atom stereocenters. The van der Waals surface area contributed by atoms with Crippen molar-refractivity contribution in [3.05, 3.63) is 29.8 Å². The van der Waals surface area contributed by atoms with Crippen molar-refractivity contribution in [2.75, 3.05) is 11.9 Å². The summed E-state index contributed by atoms with van der Waals surface area (Å²) in [6.07, 6.45) is 5.01. The maximum atomic E-state index is 12.7. The van der Waals surface area contributed by atoms with Crippen LogP contribution in [0, 0.1) is 0 Å². The lowest BCUT2D eigenvalue weighted by Crippen LogP contribution is -2.45. The maximum Gasteiger partial charge on any atom is 0.256 e. The summed E-state index contributed by atoms with van der Waals surface area (Å²) in [5, 5.41) is 2.88. The van der Waals surface area contributed by atoms with Crippen LogP contribution in [-0.2, 0) is 4.79 Å². The van der Waals surface area contributed by atoms with Gasteiger partial charge in [-0.1, -0.05) is 45.2 Å². The van der Waals surface area contributed by atoms with Gasteiger partial charge in [-0.05, 0) is 25.0 Å². The summed E-state index contributed by atoms with van der Waals surface area (Å²) in [5.74, 6) is -0.112. The van der Waals surface area contributed by atoms with Gasteiger partial charge in [0.25, 0.3) is 5.91 Å². The lowest BCUT2D eigenvalue weighted by atomic mass is 10.1. The smallest absolute Gasteiger partial charge is 0.256 e. The maximum absolute atomic E-state index is 12.7. The molecule has 0 radical (unpaired) electrons. The van der Waals surface area contributed by atoms with Crippen LogP contribution in [0.15, 0.2) is 24.3 Å². The zero-order valence-electron chi connectivity index (χ0n) is 12.9. The zero-order chi connectivity index (χ0) is 15.2. The van der Waals surface area contributed by atoms with Crippen molar-refractivity contribution < 1.29 is 9.59 Å². The molecule has 1 aliphatic heterocycles. The van der Waals surface area contributed by atoms with Gasteiger partial charge in [0, 0.05) is 6.54 Å². The number of hydrogen-bond acceptors (Lipinski definition) is 2. The lowest BCUT2D eigenvalue weighted by molar-refractivity contribution is -0.120. The Morgan fingerprint density at radius 3 is 2.57 bits per heavy atom. The van der Waals surface area contributed by atoms with Crippen LogP contribution in [0.3, 0.4) is 0 Å². The predicted molar refractivity (Wildman–Crippen MR) is 84.3 cm³/mol. The Morgan fingerprint density at radius 2 is 1.86 bits per heavy atom. The molecule has 1 aliphatic rings. The topological polar surface area (TPSA) is 49.4 Å². The van der Waals surface area contributed by atoms with E-state index in [2.05, 4.69) is 12.2 Å². The molecule has 1 aromatic rings. The van der Waals surface area contributed by atoms with E-state index >= 15 is 0 Å². The molecule has 114 valence electrons. The van der Waals surface area contributed by atoms with Crippen LogP contribution in [0.5, 0.6) is 0 Å². The van der Waals surface area contributed by atoms with E-state index in [-0.39, 0.29) is 17.9 Å². The minimum Gasteiger partial charge on any atom is -0.327 e. The summed E-state index contributed by atoms with van der Waals surface area (Å²) in [5.41, 5.74) is 1.22. The molecular weight excluding hydrogens is 264 g/mol. The Morgan fingerprint density at radius 1 is 1.10 bits per heavy atom. The first-order chi connectivity index (χ1) is 10.2. The van der Waals surface area contributed by atoms with Crippen LogP contribution in [0.2, 0.25) is 0 Å². The van der Waals surface area contributed by atoms with Gasteiger partial charge < -0.3 is 10.2 Å². The summed E-state index contributed by atoms with van der Waals surface area (Å²) >= 11 is 0. The van der Waals surface area contributed by atoms with Crippen LogP contribution in [-0.4, -0.2) is 29.3 Å². The molecule has 0 aromatic heterocycles. The fourth-order valence-corrected chi connectivity index (χ4v) is 2.80. The molecular formula is C17H24N2O2. The standard InChI is InChI=1S/C17H24N2O2/c1-3-5-6-9-12-19-15(4-2)16(20)18-14-11-8-7-10-13(14)17(19)21/h7-8,10-11,15H,3-6,9,12H2,1-2H3,(H,18,20). The molecule has 0 spiro atoms. The largest absolute Gasteiger partial charge is 0.327 e. The lowest BCUT2D eigenvalue weighted by Gasteiger charge is -2.27. The van der Waals surface area contributed by atoms with E-state index < -0.39 is 0 Å². The number of para-hydroxylation sites is 1. The van der Waals surface area contributed by atoms with Gasteiger partial charge in [0.05, 0.1) is 11.3 Å². The highest BCUT2D eigenvalue weighted by molar-refractivity contribution is 6.09. The number of benzene rings is 1. The number of nitrogens with zero attached hydrogens (tertiary/aromatic N) is 1. The third kappa shape index (κ3) is 3.43. The first kappa shape index (κ1) is 15.5. The molecule has 4 nitrogen and oxygen atoms in total. The summed E-state index contributed by atoms with van der Waals surface area (Å²) in [6.45, 7) is 4.77. The summed E-state index contributed by atoms with van der Waals surface area (Å²) in [7, 11) is 0. The SMILES string of the molecule is CCCCCCN1C(=O)c2ccccc2NC(=O)C1CC. The first-order valence-electron chi connectivity index (χ1n) is 7.89. The van der Waals surface area contributed by atoms with E-state index in [4.69, 9.17) is 0 Å². The Bertz CT molecular complexity index is 513. The molecule has 0 saturated heterocycles. The number of anilines is 1. The van der Waals surface area contributed by atoms with Crippen LogP contribution >= 0.6 is 0 Å². The van der Waals surface area contributed by atoms with Crippen molar-refractivity contribution >= 4 is 17.5 Å². The molecule has 21 heavy (non-hydrogen) atoms. The average molecular weight is 288 g/mol. The van der Waals surface area contributed by atoms with Crippen molar-refractivity contribution in [3.63, 3.8) is 0 Å². The first-order valence-corrected chi connectivity index (χ1v) is 7.89. The minimum absolute atomic E-state index is 0.0349. The van der Waals surface area contributed by atoms with Crippen LogP contribution in [0.1, 0.15) is 56.3 Å². The molecule has 1 heterocycles. The number of carbonyl (C=O) groups is 2. The predicted octanol–water partition coefficient (Wildman–Crippen LogP) is 3.44. The second-order valence-corrected chi connectivity index (χ2v) is 5.52. The van der Waals surface area contributed by atoms with Crippen LogP contribution in [0.25, 0.3) is 0 Å². The van der Waals surface area contributed by atoms with Crippen molar-refractivity contribution in [2.24, 2.45) is 0 Å². The van der Waals surface area contributed by atoms with Gasteiger partial charge in [-0.2, -0.15) is 0 Å². The van der Waals surface area contributed by atoms with Gasteiger partial charge in [-0.25, -0.2) is 0 Å². The summed E-state index contributed by atoms with van der Waals surface area (Å²) in [6, 6.07) is 6.88. The Hall–Kier alpha value is -1.84. The van der Waals surface area contributed by atoms with Gasteiger partial charge in [0.2, 0.25) is 5.91 Å². The van der Waals surface area contributed by atoms with Crippen molar-refractivity contribution in [3.8, 4) is 0 Å². The molecule has 0 fully saturated rings. The quantitative estimate of drug-likeness (QED) is 0.815. The highest BCUT2D eigenvalue weighted by Crippen LogP contribution is 2.24. The molecule has 1 unspecified atom stereocenters. The second kappa shape index (κ2) is 7.25. The van der Waals surface area contributed by atoms with Crippen LogP contribution < -0.4 is 5.32 Å². The average Bonchev–Trinajstić information content (AvgIpc) is 2.59. The normalized spacial score (nSPS) is 18.2. The number of amides is 2. The summed E-state index contributed by atoms with van der Waals surface area (Å²) < 4.78 is 0. The Kier molecular flexibility index (Phi) is 5.37. The summed E-state index contributed by atoms with van der Waals surface area (Å²) in [4.78, 5) is 26.8. The van der Waals surface area contributed by atoms with Crippen LogP contribution in [0.4, 0.5) is 5.69 Å². The van der Waals surface area contributed by atoms with E-state index in [1.807, 2.05) is 19.1 Å². The zero-order valence-corrected chi connectivity index (χ0v) is 12.9. The number of hydrogen-bond donors (Lipinski definition) is 1. The van der Waals surface area contributed by atoms with E-state index in [9.17, 15) is 9.59 Å². The van der Waals surface area contributed by atoms with Crippen molar-refractivity contribution in [2.45, 2.75) is 52.0 Å². The number of fused-ring (bicyclic) bond motifs is 1. The van der Waals surface area contributed by atoms with Gasteiger partial charge in [0.15, 0.2) is 0 Å². The van der Waals surface area contributed by atoms with Gasteiger partial charge in [-0.15, -0.1) is 0 Å². The Labute approximate surface area is 126 Å². The molecule has 2 amide bonds. The van der Waals surface area contributed by atoms with Gasteiger partial charge >= 0.3 is 0 Å². The van der Waals surface area contributed by atoms with E-state index in [0.29, 0.717) is 24.2 Å². The molecule has 4 heteroatoms. The van der Waals surface area contributed by atoms with E-state index in [0.717, 1.165) is 19.3 Å². The third-order valence-corrected chi connectivity index (χ3v) is 3.99. The molecule has 1 aromatic carbocycles. The third-order valence-electron chi connectivity index (χ3n) is 3.99. The fourth-order valence-electron chi connectivity index (χ4n) is 2.80. The highest BCUT2D eigenvalue weighted by atomic mass is 16.2. The molecule has 0 bridgehead atoms. The van der Waals surface area contributed by atoms with Gasteiger partial charge in [-0.3, -0.25) is 9.59 Å². The molecule has 2 rings (SSSR count). The molecule has 0 aliphatic carbocycles. The fraction of sp³-hybridized carbons (Fsp3) is 0.529. The molecule has 1 N–H and O–H groups in total. The minimum atomic E-state index is -0.369. The monoisotopic (exact) mass is 288 g/mol.